The molecule has 0 fully saturated rings. The van der Waals surface area contributed by atoms with Gasteiger partial charge >= 0.3 is 5.97 Å². The van der Waals surface area contributed by atoms with Crippen LogP contribution in [0.25, 0.3) is 22.3 Å². The second kappa shape index (κ2) is 3.73. The number of aromatic carboxylic acids is 1. The number of rotatable bonds is 2. The molecule has 0 aliphatic rings. The first kappa shape index (κ1) is 10.6. The molecule has 0 saturated heterocycles. The summed E-state index contributed by atoms with van der Waals surface area (Å²) in [5.74, 6) is -1.12. The molecule has 3 N–H and O–H groups in total. The van der Waals surface area contributed by atoms with E-state index < -0.39 is 5.97 Å². The van der Waals surface area contributed by atoms with Crippen LogP contribution in [0.3, 0.4) is 0 Å². The first-order valence-electron chi connectivity index (χ1n) is 5.51. The number of hydrogen-bond acceptors (Lipinski definition) is 2. The maximum absolute atomic E-state index is 10.8. The summed E-state index contributed by atoms with van der Waals surface area (Å²) in [7, 11) is 0. The highest BCUT2D eigenvalue weighted by molar-refractivity contribution is 5.87. The minimum Gasteiger partial charge on any atom is -0.475 e. The Labute approximate surface area is 102 Å². The van der Waals surface area contributed by atoms with Gasteiger partial charge in [0.05, 0.1) is 17.6 Å². The maximum atomic E-state index is 10.8. The number of carboxylic acids is 1. The lowest BCUT2D eigenvalue weighted by molar-refractivity contribution is 0.0685. The van der Waals surface area contributed by atoms with Crippen LogP contribution in [0, 0.1) is 6.92 Å². The minimum atomic E-state index is -1.06. The van der Waals surface area contributed by atoms with Gasteiger partial charge in [0.15, 0.2) is 0 Å². The molecule has 0 aliphatic carbocycles. The predicted octanol–water partition coefficient (Wildman–Crippen LogP) is 2.56. The summed E-state index contributed by atoms with van der Waals surface area (Å²) in [5.41, 5.74) is 3.70. The van der Waals surface area contributed by atoms with E-state index in [9.17, 15) is 4.79 Å². The second-order valence-corrected chi connectivity index (χ2v) is 4.22. The van der Waals surface area contributed by atoms with Crippen LogP contribution in [0.15, 0.2) is 30.5 Å². The molecule has 1 aromatic carbocycles. The van der Waals surface area contributed by atoms with E-state index in [0.717, 1.165) is 16.6 Å². The standard InChI is InChI=1S/C13H11N3O2/c1-7-2-3-9-8(4-7)5-10(15-9)11-6-14-12(16-11)13(17)18/h2-6,15H,1H3,(H,14,16)(H,17,18). The van der Waals surface area contributed by atoms with Crippen molar-refractivity contribution in [1.29, 1.82) is 0 Å². The van der Waals surface area contributed by atoms with Crippen LogP contribution in [0.2, 0.25) is 0 Å². The van der Waals surface area contributed by atoms with Crippen LogP contribution in [0.5, 0.6) is 0 Å². The minimum absolute atomic E-state index is 0.0557. The summed E-state index contributed by atoms with van der Waals surface area (Å²) < 4.78 is 0. The average Bonchev–Trinajstić information content (AvgIpc) is 2.93. The highest BCUT2D eigenvalue weighted by Gasteiger charge is 2.10. The van der Waals surface area contributed by atoms with Crippen LogP contribution in [0.4, 0.5) is 0 Å². The van der Waals surface area contributed by atoms with Gasteiger partial charge in [0.25, 0.3) is 0 Å². The van der Waals surface area contributed by atoms with Crippen LogP contribution in [0.1, 0.15) is 16.2 Å². The summed E-state index contributed by atoms with van der Waals surface area (Å²) >= 11 is 0. The Morgan fingerprint density at radius 2 is 2.06 bits per heavy atom. The number of aromatic nitrogens is 3. The number of fused-ring (bicyclic) bond motifs is 1. The molecule has 0 radical (unpaired) electrons. The molecular formula is C13H11N3O2. The van der Waals surface area contributed by atoms with Crippen LogP contribution in [-0.4, -0.2) is 26.0 Å². The Morgan fingerprint density at radius 3 is 2.78 bits per heavy atom. The van der Waals surface area contributed by atoms with Gasteiger partial charge in [-0.15, -0.1) is 0 Å². The molecule has 2 heterocycles. The molecule has 3 aromatic rings. The Morgan fingerprint density at radius 1 is 1.22 bits per heavy atom. The highest BCUT2D eigenvalue weighted by Crippen LogP contribution is 2.23. The SMILES string of the molecule is Cc1ccc2[nH]c(-c3cnc(C(=O)O)[nH]3)cc2c1. The molecule has 5 nitrogen and oxygen atoms in total. The molecule has 90 valence electrons. The van der Waals surface area contributed by atoms with Crippen molar-refractivity contribution in [2.24, 2.45) is 0 Å². The van der Waals surface area contributed by atoms with E-state index in [1.807, 2.05) is 25.1 Å². The zero-order chi connectivity index (χ0) is 12.7. The van der Waals surface area contributed by atoms with Crippen molar-refractivity contribution in [3.05, 3.63) is 41.9 Å². The number of carboxylic acid groups (broad SMARTS) is 1. The van der Waals surface area contributed by atoms with Crippen molar-refractivity contribution in [3.8, 4) is 11.4 Å². The number of H-pyrrole nitrogens is 2. The van der Waals surface area contributed by atoms with E-state index >= 15 is 0 Å². The van der Waals surface area contributed by atoms with E-state index in [2.05, 4.69) is 21.0 Å². The molecule has 0 saturated carbocycles. The molecule has 2 aromatic heterocycles. The molecule has 5 heteroatoms. The van der Waals surface area contributed by atoms with Gasteiger partial charge in [0, 0.05) is 10.9 Å². The van der Waals surface area contributed by atoms with Crippen LogP contribution >= 0.6 is 0 Å². The Kier molecular flexibility index (Phi) is 2.19. The largest absolute Gasteiger partial charge is 0.475 e. The fourth-order valence-electron chi connectivity index (χ4n) is 1.96. The van der Waals surface area contributed by atoms with Gasteiger partial charge in [-0.2, -0.15) is 0 Å². The number of nitrogens with zero attached hydrogens (tertiary/aromatic N) is 1. The lowest BCUT2D eigenvalue weighted by Gasteiger charge is -1.91. The number of imidazole rings is 1. The van der Waals surface area contributed by atoms with Crippen molar-refractivity contribution in [2.75, 3.05) is 0 Å². The second-order valence-electron chi connectivity index (χ2n) is 4.22. The van der Waals surface area contributed by atoms with Crippen LogP contribution in [-0.2, 0) is 0 Å². The van der Waals surface area contributed by atoms with Crippen molar-refractivity contribution in [3.63, 3.8) is 0 Å². The monoisotopic (exact) mass is 241 g/mol. The smallest absolute Gasteiger partial charge is 0.371 e. The van der Waals surface area contributed by atoms with E-state index in [-0.39, 0.29) is 5.82 Å². The number of nitrogens with one attached hydrogen (secondary N) is 2. The maximum Gasteiger partial charge on any atom is 0.371 e. The molecule has 0 bridgehead atoms. The lowest BCUT2D eigenvalue weighted by Crippen LogP contribution is -1.98. The van der Waals surface area contributed by atoms with E-state index in [1.54, 1.807) is 0 Å². The Bertz CT molecular complexity index is 740. The third kappa shape index (κ3) is 1.66. The zero-order valence-electron chi connectivity index (χ0n) is 9.69. The average molecular weight is 241 g/mol. The molecule has 0 unspecified atom stereocenters. The van der Waals surface area contributed by atoms with E-state index in [0.29, 0.717) is 5.69 Å². The van der Waals surface area contributed by atoms with Gasteiger partial charge in [0.2, 0.25) is 5.82 Å². The number of aromatic amines is 2. The summed E-state index contributed by atoms with van der Waals surface area (Å²) in [4.78, 5) is 20.6. The van der Waals surface area contributed by atoms with Gasteiger partial charge < -0.3 is 15.1 Å². The highest BCUT2D eigenvalue weighted by atomic mass is 16.4. The van der Waals surface area contributed by atoms with Gasteiger partial charge in [-0.3, -0.25) is 0 Å². The number of benzene rings is 1. The van der Waals surface area contributed by atoms with Crippen molar-refractivity contribution in [2.45, 2.75) is 6.92 Å². The number of aryl methyl sites for hydroxylation is 1. The first-order chi connectivity index (χ1) is 8.63. The number of hydrogen-bond donors (Lipinski definition) is 3. The molecule has 0 atom stereocenters. The summed E-state index contributed by atoms with van der Waals surface area (Å²) in [6.07, 6.45) is 1.51. The van der Waals surface area contributed by atoms with Gasteiger partial charge in [-0.05, 0) is 25.1 Å². The molecule has 0 aliphatic heterocycles. The number of carbonyl (C=O) groups is 1. The fourth-order valence-corrected chi connectivity index (χ4v) is 1.96. The molecule has 0 spiro atoms. The third-order valence-electron chi connectivity index (χ3n) is 2.84. The predicted molar refractivity (Wildman–Crippen MR) is 67.6 cm³/mol. The van der Waals surface area contributed by atoms with E-state index in [1.165, 1.54) is 11.8 Å². The van der Waals surface area contributed by atoms with Crippen molar-refractivity contribution in [1.82, 2.24) is 15.0 Å². The normalized spacial score (nSPS) is 10.9. The molecule has 3 rings (SSSR count). The molecular weight excluding hydrogens is 230 g/mol. The van der Waals surface area contributed by atoms with Crippen molar-refractivity contribution >= 4 is 16.9 Å². The van der Waals surface area contributed by atoms with Gasteiger partial charge in [0.1, 0.15) is 0 Å². The quantitative estimate of drug-likeness (QED) is 0.644. The van der Waals surface area contributed by atoms with Gasteiger partial charge in [-0.25, -0.2) is 9.78 Å². The van der Waals surface area contributed by atoms with Gasteiger partial charge in [-0.1, -0.05) is 11.6 Å². The zero-order valence-corrected chi connectivity index (χ0v) is 9.69. The summed E-state index contributed by atoms with van der Waals surface area (Å²) in [5, 5.41) is 9.91. The summed E-state index contributed by atoms with van der Waals surface area (Å²) in [6.45, 7) is 2.03. The Hall–Kier alpha value is -2.56. The van der Waals surface area contributed by atoms with E-state index in [4.69, 9.17) is 5.11 Å². The first-order valence-corrected chi connectivity index (χ1v) is 5.51. The van der Waals surface area contributed by atoms with Crippen LogP contribution < -0.4 is 0 Å². The van der Waals surface area contributed by atoms with Crippen molar-refractivity contribution < 1.29 is 9.90 Å². The summed E-state index contributed by atoms with van der Waals surface area (Å²) in [6, 6.07) is 8.08. The molecule has 18 heavy (non-hydrogen) atoms. The fraction of sp³-hybridized carbons (Fsp3) is 0.0769. The third-order valence-corrected chi connectivity index (χ3v) is 2.84. The lowest BCUT2D eigenvalue weighted by atomic mass is 10.2. The Balaban J connectivity index is 2.10. The molecule has 0 amide bonds. The topological polar surface area (TPSA) is 81.8 Å².